The molecule has 3 rings (SSSR count). The number of amides is 2. The van der Waals surface area contributed by atoms with Crippen LogP contribution in [-0.2, 0) is 9.59 Å². The fraction of sp³-hybridized carbons (Fsp3) is 0.368. The third kappa shape index (κ3) is 5.59. The van der Waals surface area contributed by atoms with Gasteiger partial charge in [0.15, 0.2) is 0 Å². The second kappa shape index (κ2) is 9.59. The number of rotatable bonds is 6. The minimum atomic E-state index is -0.854. The zero-order valence-electron chi connectivity index (χ0n) is 16.0. The van der Waals surface area contributed by atoms with Crippen LogP contribution in [0.4, 0.5) is 11.4 Å². The maximum absolute atomic E-state index is 12.3. The van der Waals surface area contributed by atoms with Gasteiger partial charge < -0.3 is 15.5 Å². The summed E-state index contributed by atoms with van der Waals surface area (Å²) in [6, 6.07) is 7.50. The van der Waals surface area contributed by atoms with E-state index >= 15 is 0 Å². The molecule has 1 saturated heterocycles. The Labute approximate surface area is 172 Å². The number of carbonyl (C=O) groups excluding carboxylic acids is 2. The van der Waals surface area contributed by atoms with Crippen LogP contribution in [0.2, 0.25) is 0 Å². The highest BCUT2D eigenvalue weighted by Gasteiger charge is 2.25. The summed E-state index contributed by atoms with van der Waals surface area (Å²) in [4.78, 5) is 39.3. The summed E-state index contributed by atoms with van der Waals surface area (Å²) in [5, 5.41) is 20.0. The van der Waals surface area contributed by atoms with E-state index in [0.717, 1.165) is 31.7 Å². The summed E-state index contributed by atoms with van der Waals surface area (Å²) >= 11 is 1.59. The molecule has 0 saturated carbocycles. The van der Waals surface area contributed by atoms with Crippen LogP contribution < -0.4 is 10.6 Å². The second-order valence-corrected chi connectivity index (χ2v) is 7.66. The lowest BCUT2D eigenvalue weighted by Crippen LogP contribution is -2.49. The topological polar surface area (TPSA) is 108 Å². The van der Waals surface area contributed by atoms with Gasteiger partial charge in [-0.15, -0.1) is 0 Å². The molecule has 1 aromatic carbocycles. The zero-order chi connectivity index (χ0) is 20.8. The maximum Gasteiger partial charge on any atom is 0.313 e. The Kier molecular flexibility index (Phi) is 6.91. The van der Waals surface area contributed by atoms with Crippen LogP contribution in [0.25, 0.3) is 0 Å². The molecule has 2 aromatic rings. The van der Waals surface area contributed by atoms with Crippen LogP contribution in [0, 0.1) is 10.1 Å². The minimum absolute atomic E-state index is 0.00971. The Bertz CT molecular complexity index is 865. The van der Waals surface area contributed by atoms with Crippen molar-refractivity contribution in [2.45, 2.75) is 6.04 Å². The summed E-state index contributed by atoms with van der Waals surface area (Å²) in [5.41, 5.74) is 1.16. The van der Waals surface area contributed by atoms with E-state index in [2.05, 4.69) is 32.9 Å². The Morgan fingerprint density at radius 1 is 1.21 bits per heavy atom. The molecule has 0 bridgehead atoms. The average molecular weight is 417 g/mol. The smallest absolute Gasteiger partial charge is 0.313 e. The van der Waals surface area contributed by atoms with Crippen LogP contribution in [0.15, 0.2) is 41.1 Å². The molecule has 1 atom stereocenters. The number of non-ortho nitro benzene ring substituents is 1. The number of nitro benzene ring substituents is 1. The molecule has 0 spiro atoms. The van der Waals surface area contributed by atoms with E-state index in [-0.39, 0.29) is 17.4 Å². The van der Waals surface area contributed by atoms with Crippen LogP contribution >= 0.6 is 11.3 Å². The quantitative estimate of drug-likeness (QED) is 0.421. The first-order valence-electron chi connectivity index (χ1n) is 9.22. The largest absolute Gasteiger partial charge is 0.346 e. The van der Waals surface area contributed by atoms with Gasteiger partial charge in [0.05, 0.1) is 11.0 Å². The molecule has 1 aliphatic heterocycles. The molecule has 29 heavy (non-hydrogen) atoms. The maximum atomic E-state index is 12.3. The lowest BCUT2D eigenvalue weighted by atomic mass is 10.1. The fourth-order valence-corrected chi connectivity index (χ4v) is 3.92. The lowest BCUT2D eigenvalue weighted by Gasteiger charge is -2.37. The highest BCUT2D eigenvalue weighted by atomic mass is 32.1. The number of hydrogen-bond donors (Lipinski definition) is 2. The number of thiophene rings is 1. The molecule has 1 aliphatic rings. The van der Waals surface area contributed by atoms with Gasteiger partial charge >= 0.3 is 11.8 Å². The molecular weight excluding hydrogens is 394 g/mol. The first-order chi connectivity index (χ1) is 13.9. The normalized spacial score (nSPS) is 16.2. The van der Waals surface area contributed by atoms with Gasteiger partial charge in [-0.25, -0.2) is 0 Å². The summed E-state index contributed by atoms with van der Waals surface area (Å²) in [5.74, 6) is -1.63. The van der Waals surface area contributed by atoms with E-state index < -0.39 is 16.7 Å². The van der Waals surface area contributed by atoms with Gasteiger partial charge in [0.2, 0.25) is 0 Å². The van der Waals surface area contributed by atoms with Crippen molar-refractivity contribution in [3.05, 3.63) is 56.8 Å². The minimum Gasteiger partial charge on any atom is -0.346 e. The number of anilines is 1. The predicted octanol–water partition coefficient (Wildman–Crippen LogP) is 1.70. The van der Waals surface area contributed by atoms with Gasteiger partial charge in [0.1, 0.15) is 0 Å². The van der Waals surface area contributed by atoms with Crippen LogP contribution in [-0.4, -0.2) is 66.3 Å². The zero-order valence-corrected chi connectivity index (χ0v) is 16.9. The molecule has 2 N–H and O–H groups in total. The Morgan fingerprint density at radius 3 is 2.62 bits per heavy atom. The molecule has 1 unspecified atom stereocenters. The summed E-state index contributed by atoms with van der Waals surface area (Å²) in [7, 11) is 2.08. The molecule has 0 radical (unpaired) electrons. The number of nitrogens with zero attached hydrogens (tertiary/aromatic N) is 3. The van der Waals surface area contributed by atoms with E-state index in [1.54, 1.807) is 11.3 Å². The number of piperazine rings is 1. The second-order valence-electron chi connectivity index (χ2n) is 6.88. The van der Waals surface area contributed by atoms with Gasteiger partial charge in [-0.2, -0.15) is 11.3 Å². The number of hydrogen-bond acceptors (Lipinski definition) is 7. The van der Waals surface area contributed by atoms with Gasteiger partial charge in [-0.3, -0.25) is 24.6 Å². The van der Waals surface area contributed by atoms with Crippen molar-refractivity contribution in [2.24, 2.45) is 0 Å². The molecule has 2 amide bonds. The van der Waals surface area contributed by atoms with Crippen molar-refractivity contribution in [3.63, 3.8) is 0 Å². The van der Waals surface area contributed by atoms with Gasteiger partial charge in [-0.05, 0) is 35.5 Å². The van der Waals surface area contributed by atoms with Crippen molar-refractivity contribution in [3.8, 4) is 0 Å². The van der Waals surface area contributed by atoms with Crippen molar-refractivity contribution in [1.29, 1.82) is 0 Å². The summed E-state index contributed by atoms with van der Waals surface area (Å²) < 4.78 is 0. The molecule has 0 aliphatic carbocycles. The number of likely N-dealkylation sites (N-methyl/N-ethyl adjacent to an activating group) is 1. The fourth-order valence-electron chi connectivity index (χ4n) is 3.21. The molecule has 154 valence electrons. The van der Waals surface area contributed by atoms with E-state index in [1.807, 2.05) is 11.4 Å². The van der Waals surface area contributed by atoms with Crippen molar-refractivity contribution >= 4 is 34.5 Å². The third-order valence-corrected chi connectivity index (χ3v) is 5.59. The Morgan fingerprint density at radius 2 is 1.97 bits per heavy atom. The van der Waals surface area contributed by atoms with Crippen molar-refractivity contribution in [1.82, 2.24) is 15.1 Å². The number of nitro groups is 1. The molecule has 1 fully saturated rings. The van der Waals surface area contributed by atoms with Gasteiger partial charge in [-0.1, -0.05) is 6.07 Å². The number of nitrogens with one attached hydrogen (secondary N) is 2. The van der Waals surface area contributed by atoms with Gasteiger partial charge in [0, 0.05) is 50.5 Å². The lowest BCUT2D eigenvalue weighted by molar-refractivity contribution is -0.384. The summed E-state index contributed by atoms with van der Waals surface area (Å²) in [6.07, 6.45) is 0. The molecule has 10 heteroatoms. The van der Waals surface area contributed by atoms with Crippen LogP contribution in [0.3, 0.4) is 0 Å². The first-order valence-corrected chi connectivity index (χ1v) is 10.2. The number of carbonyl (C=O) groups is 2. The highest BCUT2D eigenvalue weighted by Crippen LogP contribution is 2.23. The number of benzene rings is 1. The van der Waals surface area contributed by atoms with Crippen molar-refractivity contribution in [2.75, 3.05) is 45.1 Å². The Hall–Kier alpha value is -2.82. The average Bonchev–Trinajstić information content (AvgIpc) is 3.24. The standard InChI is InChI=1S/C19H23N5O4S/c1-22-6-8-23(9-7-22)17(14-5-10-29-13-14)12-20-18(25)19(26)21-15-3-2-4-16(11-15)24(27)28/h2-5,10-11,13,17H,6-9,12H2,1H3,(H,20,25)(H,21,26). The Balaban J connectivity index is 1.60. The van der Waals surface area contributed by atoms with E-state index in [4.69, 9.17) is 0 Å². The van der Waals surface area contributed by atoms with Crippen molar-refractivity contribution < 1.29 is 14.5 Å². The summed E-state index contributed by atoms with van der Waals surface area (Å²) in [6.45, 7) is 3.96. The molecule has 9 nitrogen and oxygen atoms in total. The predicted molar refractivity (Wildman–Crippen MR) is 111 cm³/mol. The molecular formula is C19H23N5O4S. The van der Waals surface area contributed by atoms with Crippen LogP contribution in [0.1, 0.15) is 11.6 Å². The van der Waals surface area contributed by atoms with E-state index in [9.17, 15) is 19.7 Å². The highest BCUT2D eigenvalue weighted by molar-refractivity contribution is 7.08. The van der Waals surface area contributed by atoms with Gasteiger partial charge in [0.25, 0.3) is 5.69 Å². The van der Waals surface area contributed by atoms with E-state index in [0.29, 0.717) is 6.54 Å². The SMILES string of the molecule is CN1CCN(C(CNC(=O)C(=O)Nc2cccc([N+](=O)[O-])c2)c2ccsc2)CC1. The van der Waals surface area contributed by atoms with E-state index in [1.165, 1.54) is 24.3 Å². The monoisotopic (exact) mass is 417 g/mol. The first kappa shape index (κ1) is 20.9. The van der Waals surface area contributed by atoms with Crippen LogP contribution in [0.5, 0.6) is 0 Å². The molecule has 2 heterocycles. The third-order valence-electron chi connectivity index (χ3n) is 4.88. The molecule has 1 aromatic heterocycles.